The van der Waals surface area contributed by atoms with Gasteiger partial charge in [0, 0.05) is 30.8 Å². The molecule has 0 aliphatic carbocycles. The Morgan fingerprint density at radius 3 is 2.63 bits per heavy atom. The van der Waals surface area contributed by atoms with E-state index in [9.17, 15) is 9.59 Å². The van der Waals surface area contributed by atoms with Crippen LogP contribution >= 0.6 is 15.9 Å². The van der Waals surface area contributed by atoms with E-state index in [1.165, 1.54) is 10.7 Å². The van der Waals surface area contributed by atoms with Gasteiger partial charge in [-0.15, -0.1) is 5.10 Å². The van der Waals surface area contributed by atoms with Gasteiger partial charge in [0.25, 0.3) is 11.5 Å². The highest BCUT2D eigenvalue weighted by Crippen LogP contribution is 2.22. The number of aromatic nitrogens is 4. The lowest BCUT2D eigenvalue weighted by atomic mass is 10.00. The minimum Gasteiger partial charge on any atom is -0.444 e. The number of carbonyl (C=O) groups is 1. The summed E-state index contributed by atoms with van der Waals surface area (Å²) in [5.74, 6) is 0.942. The molecule has 3 aromatic heterocycles. The van der Waals surface area contributed by atoms with Gasteiger partial charge in [-0.05, 0) is 54.0 Å². The number of amides is 1. The lowest BCUT2D eigenvalue weighted by molar-refractivity contribution is 0.0426. The van der Waals surface area contributed by atoms with Crippen molar-refractivity contribution in [2.45, 2.75) is 20.4 Å². The molecule has 0 spiro atoms. The topological polar surface area (TPSA) is 86.2 Å². The molecule has 1 saturated heterocycles. The molecule has 9 heteroatoms. The molecular formula is C18H18BrN5O3. The zero-order valence-corrected chi connectivity index (χ0v) is 16.5. The number of carbonyl (C=O) groups excluding carboxylic acids is 1. The molecule has 1 aliphatic heterocycles. The third kappa shape index (κ3) is 3.46. The van der Waals surface area contributed by atoms with E-state index >= 15 is 0 Å². The van der Waals surface area contributed by atoms with Gasteiger partial charge in [0.05, 0.1) is 12.2 Å². The standard InChI is InChI=1S/C18H18BrN5O3/c1-11-7-12(2)24(20-11)16-5-6-17(25)23(21-16)10-13-8-22(9-13)18(26)14-3-4-15(19)27-14/h3-7,13H,8-10H2,1-2H3. The predicted molar refractivity (Wildman–Crippen MR) is 101 cm³/mol. The molecular weight excluding hydrogens is 414 g/mol. The number of furan rings is 1. The maximum Gasteiger partial charge on any atom is 0.289 e. The molecule has 27 heavy (non-hydrogen) atoms. The van der Waals surface area contributed by atoms with Gasteiger partial charge in [-0.1, -0.05) is 0 Å². The van der Waals surface area contributed by atoms with Gasteiger partial charge in [0.2, 0.25) is 0 Å². The van der Waals surface area contributed by atoms with Gasteiger partial charge in [0.1, 0.15) is 0 Å². The van der Waals surface area contributed by atoms with E-state index in [1.54, 1.807) is 27.8 Å². The van der Waals surface area contributed by atoms with Crippen LogP contribution in [0.2, 0.25) is 0 Å². The van der Waals surface area contributed by atoms with Crippen molar-refractivity contribution in [1.29, 1.82) is 0 Å². The van der Waals surface area contributed by atoms with E-state index < -0.39 is 0 Å². The van der Waals surface area contributed by atoms with Crippen LogP contribution in [-0.4, -0.2) is 43.5 Å². The summed E-state index contributed by atoms with van der Waals surface area (Å²) in [6.45, 7) is 5.44. The minimum absolute atomic E-state index is 0.145. The Morgan fingerprint density at radius 1 is 1.22 bits per heavy atom. The fourth-order valence-corrected chi connectivity index (χ4v) is 3.53. The summed E-state index contributed by atoms with van der Waals surface area (Å²) in [5.41, 5.74) is 1.68. The Kier molecular flexibility index (Phi) is 4.47. The van der Waals surface area contributed by atoms with Crippen molar-refractivity contribution in [3.63, 3.8) is 0 Å². The zero-order chi connectivity index (χ0) is 19.1. The SMILES string of the molecule is Cc1cc(C)n(-c2ccc(=O)n(CC3CN(C(=O)c4ccc(Br)o4)C3)n2)n1. The summed E-state index contributed by atoms with van der Waals surface area (Å²) >= 11 is 3.20. The highest BCUT2D eigenvalue weighted by Gasteiger charge is 2.33. The van der Waals surface area contributed by atoms with Gasteiger partial charge >= 0.3 is 0 Å². The first kappa shape index (κ1) is 17.7. The molecule has 1 amide bonds. The number of hydrogen-bond acceptors (Lipinski definition) is 5. The Labute approximate surface area is 163 Å². The summed E-state index contributed by atoms with van der Waals surface area (Å²) in [5, 5.41) is 8.85. The van der Waals surface area contributed by atoms with Crippen molar-refractivity contribution in [2.24, 2.45) is 5.92 Å². The van der Waals surface area contributed by atoms with Crippen LogP contribution in [0.4, 0.5) is 0 Å². The van der Waals surface area contributed by atoms with E-state index in [0.717, 1.165) is 11.4 Å². The Balaban J connectivity index is 1.45. The van der Waals surface area contributed by atoms with Crippen LogP contribution in [0.15, 0.2) is 44.2 Å². The third-order valence-corrected chi connectivity index (χ3v) is 4.96. The van der Waals surface area contributed by atoms with E-state index in [-0.39, 0.29) is 17.4 Å². The highest BCUT2D eigenvalue weighted by molar-refractivity contribution is 9.10. The summed E-state index contributed by atoms with van der Waals surface area (Å²) in [6, 6.07) is 8.46. The maximum atomic E-state index is 12.3. The first-order valence-electron chi connectivity index (χ1n) is 8.57. The van der Waals surface area contributed by atoms with Crippen LogP contribution in [0.1, 0.15) is 21.9 Å². The lowest BCUT2D eigenvalue weighted by Gasteiger charge is -2.38. The van der Waals surface area contributed by atoms with E-state index in [4.69, 9.17) is 4.42 Å². The zero-order valence-electron chi connectivity index (χ0n) is 14.9. The molecule has 4 heterocycles. The molecule has 0 aromatic carbocycles. The molecule has 0 unspecified atom stereocenters. The van der Waals surface area contributed by atoms with Crippen molar-refractivity contribution in [2.75, 3.05) is 13.1 Å². The first-order chi connectivity index (χ1) is 12.9. The average molecular weight is 432 g/mol. The van der Waals surface area contributed by atoms with Gasteiger partial charge in [0.15, 0.2) is 16.2 Å². The van der Waals surface area contributed by atoms with Gasteiger partial charge in [-0.25, -0.2) is 9.36 Å². The summed E-state index contributed by atoms with van der Waals surface area (Å²) in [6.07, 6.45) is 0. The second-order valence-electron chi connectivity index (χ2n) is 6.73. The Morgan fingerprint density at radius 2 is 2.00 bits per heavy atom. The molecule has 0 bridgehead atoms. The molecule has 0 N–H and O–H groups in total. The fraction of sp³-hybridized carbons (Fsp3) is 0.333. The highest BCUT2D eigenvalue weighted by atomic mass is 79.9. The summed E-state index contributed by atoms with van der Waals surface area (Å²) in [4.78, 5) is 26.2. The van der Waals surface area contributed by atoms with Crippen molar-refractivity contribution in [3.05, 3.63) is 62.5 Å². The molecule has 0 radical (unpaired) electrons. The summed E-state index contributed by atoms with van der Waals surface area (Å²) in [7, 11) is 0. The number of aryl methyl sites for hydroxylation is 2. The monoisotopic (exact) mass is 431 g/mol. The third-order valence-electron chi connectivity index (χ3n) is 4.54. The van der Waals surface area contributed by atoms with Crippen molar-refractivity contribution in [3.8, 4) is 5.82 Å². The molecule has 0 saturated carbocycles. The Bertz CT molecular complexity index is 1060. The fourth-order valence-electron chi connectivity index (χ4n) is 3.22. The van der Waals surface area contributed by atoms with Crippen LogP contribution < -0.4 is 5.56 Å². The van der Waals surface area contributed by atoms with Gasteiger partial charge < -0.3 is 9.32 Å². The maximum absolute atomic E-state index is 12.3. The lowest BCUT2D eigenvalue weighted by Crippen LogP contribution is -2.52. The molecule has 0 atom stereocenters. The van der Waals surface area contributed by atoms with Gasteiger partial charge in [-0.2, -0.15) is 5.10 Å². The number of halogens is 1. The van der Waals surface area contributed by atoms with Crippen LogP contribution in [0.3, 0.4) is 0 Å². The quantitative estimate of drug-likeness (QED) is 0.631. The number of rotatable bonds is 4. The van der Waals surface area contributed by atoms with Crippen LogP contribution in [0.25, 0.3) is 5.82 Å². The largest absolute Gasteiger partial charge is 0.444 e. The van der Waals surface area contributed by atoms with E-state index in [2.05, 4.69) is 26.1 Å². The van der Waals surface area contributed by atoms with E-state index in [0.29, 0.717) is 35.9 Å². The number of likely N-dealkylation sites (tertiary alicyclic amines) is 1. The van der Waals surface area contributed by atoms with Crippen LogP contribution in [0, 0.1) is 19.8 Å². The molecule has 1 aliphatic rings. The van der Waals surface area contributed by atoms with Crippen molar-refractivity contribution < 1.29 is 9.21 Å². The first-order valence-corrected chi connectivity index (χ1v) is 9.36. The van der Waals surface area contributed by atoms with Crippen molar-refractivity contribution in [1.82, 2.24) is 24.5 Å². The number of hydrogen-bond donors (Lipinski definition) is 0. The van der Waals surface area contributed by atoms with Crippen molar-refractivity contribution >= 4 is 21.8 Å². The van der Waals surface area contributed by atoms with Gasteiger partial charge in [-0.3, -0.25) is 9.59 Å². The minimum atomic E-state index is -0.167. The predicted octanol–water partition coefficient (Wildman–Crippen LogP) is 2.17. The molecule has 140 valence electrons. The number of nitrogens with zero attached hydrogens (tertiary/aromatic N) is 5. The Hall–Kier alpha value is -2.68. The molecule has 1 fully saturated rings. The van der Waals surface area contributed by atoms with Crippen LogP contribution in [-0.2, 0) is 6.54 Å². The van der Waals surface area contributed by atoms with Crippen LogP contribution in [0.5, 0.6) is 0 Å². The smallest absolute Gasteiger partial charge is 0.289 e. The average Bonchev–Trinajstić information content (AvgIpc) is 3.16. The molecule has 4 rings (SSSR count). The summed E-state index contributed by atoms with van der Waals surface area (Å²) < 4.78 is 8.99. The molecule has 3 aromatic rings. The second-order valence-corrected chi connectivity index (χ2v) is 7.51. The normalized spacial score (nSPS) is 14.4. The second kappa shape index (κ2) is 6.80. The molecule has 8 nitrogen and oxygen atoms in total. The van der Waals surface area contributed by atoms with E-state index in [1.807, 2.05) is 19.9 Å².